The van der Waals surface area contributed by atoms with Crippen LogP contribution in [0.1, 0.15) is 57.5 Å². The summed E-state index contributed by atoms with van der Waals surface area (Å²) in [6, 6.07) is 12.3. The fourth-order valence-corrected chi connectivity index (χ4v) is 4.25. The third-order valence-electron chi connectivity index (χ3n) is 5.75. The van der Waals surface area contributed by atoms with Crippen LogP contribution in [0.5, 0.6) is 0 Å². The second kappa shape index (κ2) is 7.96. The number of nitrogens with zero attached hydrogens (tertiary/aromatic N) is 1. The van der Waals surface area contributed by atoms with Crippen molar-refractivity contribution in [2.45, 2.75) is 44.7 Å². The van der Waals surface area contributed by atoms with Gasteiger partial charge in [0, 0.05) is 35.5 Å². The molecule has 0 N–H and O–H groups in total. The van der Waals surface area contributed by atoms with Gasteiger partial charge in [0.2, 0.25) is 0 Å². The highest BCUT2D eigenvalue weighted by molar-refractivity contribution is 6.30. The molecule has 1 aliphatic heterocycles. The standard InChI is InChI=1S/C24H22ClNO3/c1-15-2-10-21(23(28)12-15)26-14-18-13-16(3-9-20(18)24(26)29)4-11-22(27)17-5-7-19(25)8-6-17/h3,5-9,13,21H,1-2,4,10-12,14H2. The predicted molar refractivity (Wildman–Crippen MR) is 112 cm³/mol. The number of hydrogen-bond acceptors (Lipinski definition) is 3. The molecule has 1 atom stereocenters. The van der Waals surface area contributed by atoms with Gasteiger partial charge in [-0.2, -0.15) is 0 Å². The van der Waals surface area contributed by atoms with Crippen molar-refractivity contribution in [3.05, 3.63) is 81.9 Å². The number of rotatable bonds is 5. The average molecular weight is 408 g/mol. The molecule has 1 unspecified atom stereocenters. The van der Waals surface area contributed by atoms with Gasteiger partial charge < -0.3 is 4.90 Å². The van der Waals surface area contributed by atoms with E-state index in [1.54, 1.807) is 29.2 Å². The van der Waals surface area contributed by atoms with E-state index in [1.807, 2.05) is 18.2 Å². The smallest absolute Gasteiger partial charge is 0.255 e. The minimum atomic E-state index is -0.352. The molecule has 0 saturated heterocycles. The van der Waals surface area contributed by atoms with Crippen molar-refractivity contribution < 1.29 is 14.4 Å². The molecule has 4 nitrogen and oxygen atoms in total. The molecule has 5 heteroatoms. The zero-order chi connectivity index (χ0) is 20.5. The largest absolute Gasteiger partial charge is 0.324 e. The Morgan fingerprint density at radius 2 is 1.90 bits per heavy atom. The molecule has 1 aliphatic carbocycles. The SMILES string of the molecule is C=C1CCC(N2Cc3cc(CCC(=O)c4ccc(Cl)cc4)ccc3C2=O)C(=O)C1. The molecule has 0 radical (unpaired) electrons. The first-order valence-corrected chi connectivity index (χ1v) is 10.2. The molecule has 1 heterocycles. The molecule has 4 rings (SSSR count). The van der Waals surface area contributed by atoms with Crippen LogP contribution in [0.2, 0.25) is 5.02 Å². The number of aryl methyl sites for hydroxylation is 1. The zero-order valence-corrected chi connectivity index (χ0v) is 16.9. The van der Waals surface area contributed by atoms with Crippen LogP contribution in [-0.4, -0.2) is 28.4 Å². The number of carbonyl (C=O) groups is 3. The van der Waals surface area contributed by atoms with Gasteiger partial charge in [0.1, 0.15) is 0 Å². The summed E-state index contributed by atoms with van der Waals surface area (Å²) in [7, 11) is 0. The van der Waals surface area contributed by atoms with E-state index in [0.29, 0.717) is 48.4 Å². The summed E-state index contributed by atoms with van der Waals surface area (Å²) in [5.41, 5.74) is 4.21. The Hall–Kier alpha value is -2.72. The van der Waals surface area contributed by atoms with E-state index in [0.717, 1.165) is 23.1 Å². The molecule has 2 aromatic rings. The van der Waals surface area contributed by atoms with Crippen LogP contribution in [0.25, 0.3) is 0 Å². The van der Waals surface area contributed by atoms with Crippen LogP contribution in [0.3, 0.4) is 0 Å². The Balaban J connectivity index is 1.43. The summed E-state index contributed by atoms with van der Waals surface area (Å²) in [4.78, 5) is 39.3. The monoisotopic (exact) mass is 407 g/mol. The van der Waals surface area contributed by atoms with E-state index in [1.165, 1.54) is 0 Å². The molecule has 148 valence electrons. The van der Waals surface area contributed by atoms with E-state index < -0.39 is 0 Å². The van der Waals surface area contributed by atoms with Crippen LogP contribution >= 0.6 is 11.6 Å². The molecular weight excluding hydrogens is 386 g/mol. The maximum atomic E-state index is 12.8. The van der Waals surface area contributed by atoms with Crippen molar-refractivity contribution in [3.63, 3.8) is 0 Å². The fourth-order valence-electron chi connectivity index (χ4n) is 4.13. The van der Waals surface area contributed by atoms with Crippen LogP contribution < -0.4 is 0 Å². The van der Waals surface area contributed by atoms with Crippen LogP contribution in [0, 0.1) is 0 Å². The molecule has 1 amide bonds. The van der Waals surface area contributed by atoms with Gasteiger partial charge in [0.15, 0.2) is 11.6 Å². The van der Waals surface area contributed by atoms with Gasteiger partial charge >= 0.3 is 0 Å². The molecule has 0 aromatic heterocycles. The van der Waals surface area contributed by atoms with E-state index in [9.17, 15) is 14.4 Å². The topological polar surface area (TPSA) is 54.5 Å². The minimum Gasteiger partial charge on any atom is -0.324 e. The fraction of sp³-hybridized carbons (Fsp3) is 0.292. The quantitative estimate of drug-likeness (QED) is 0.529. The second-order valence-electron chi connectivity index (χ2n) is 7.80. The van der Waals surface area contributed by atoms with Crippen molar-refractivity contribution in [2.24, 2.45) is 0 Å². The summed E-state index contributed by atoms with van der Waals surface area (Å²) in [5.74, 6) is 0.0683. The van der Waals surface area contributed by atoms with E-state index in [-0.39, 0.29) is 23.5 Å². The molecule has 0 spiro atoms. The van der Waals surface area contributed by atoms with Gasteiger partial charge in [-0.1, -0.05) is 35.9 Å². The van der Waals surface area contributed by atoms with Gasteiger partial charge in [0.25, 0.3) is 5.91 Å². The summed E-state index contributed by atoms with van der Waals surface area (Å²) in [6.45, 7) is 4.35. The van der Waals surface area contributed by atoms with Gasteiger partial charge in [-0.15, -0.1) is 0 Å². The highest BCUT2D eigenvalue weighted by Crippen LogP contribution is 2.31. The normalized spacial score (nSPS) is 18.9. The average Bonchev–Trinajstić information content (AvgIpc) is 3.02. The molecular formula is C24H22ClNO3. The number of fused-ring (bicyclic) bond motifs is 1. The summed E-state index contributed by atoms with van der Waals surface area (Å²) < 4.78 is 0. The predicted octanol–water partition coefficient (Wildman–Crippen LogP) is 4.79. The third-order valence-corrected chi connectivity index (χ3v) is 6.00. The van der Waals surface area contributed by atoms with E-state index >= 15 is 0 Å². The second-order valence-corrected chi connectivity index (χ2v) is 8.24. The molecule has 0 bridgehead atoms. The van der Waals surface area contributed by atoms with Gasteiger partial charge in [-0.25, -0.2) is 0 Å². The number of amides is 1. The highest BCUT2D eigenvalue weighted by atomic mass is 35.5. The Morgan fingerprint density at radius 3 is 2.62 bits per heavy atom. The first kappa shape index (κ1) is 19.6. The number of halogens is 1. The van der Waals surface area contributed by atoms with Crippen molar-refractivity contribution in [1.29, 1.82) is 0 Å². The lowest BCUT2D eigenvalue weighted by Crippen LogP contribution is -2.43. The first-order valence-electron chi connectivity index (χ1n) is 9.83. The van der Waals surface area contributed by atoms with Crippen molar-refractivity contribution in [2.75, 3.05) is 0 Å². The Kier molecular flexibility index (Phi) is 5.37. The molecule has 2 aromatic carbocycles. The van der Waals surface area contributed by atoms with Crippen LogP contribution in [0.15, 0.2) is 54.6 Å². The van der Waals surface area contributed by atoms with Crippen molar-refractivity contribution in [1.82, 2.24) is 4.90 Å². The van der Waals surface area contributed by atoms with E-state index in [4.69, 9.17) is 11.6 Å². The number of benzene rings is 2. The first-order chi connectivity index (χ1) is 13.9. The van der Waals surface area contributed by atoms with Crippen molar-refractivity contribution >= 4 is 29.1 Å². The van der Waals surface area contributed by atoms with Gasteiger partial charge in [-0.05, 0) is 60.7 Å². The summed E-state index contributed by atoms with van der Waals surface area (Å²) in [5, 5.41) is 0.607. The van der Waals surface area contributed by atoms with Gasteiger partial charge in [-0.3, -0.25) is 14.4 Å². The lowest BCUT2D eigenvalue weighted by atomic mass is 9.90. The number of allylic oxidation sites excluding steroid dienone is 1. The molecule has 29 heavy (non-hydrogen) atoms. The van der Waals surface area contributed by atoms with E-state index in [2.05, 4.69) is 6.58 Å². The minimum absolute atomic E-state index is 0.0629. The maximum Gasteiger partial charge on any atom is 0.255 e. The molecule has 1 fully saturated rings. The maximum absolute atomic E-state index is 12.8. The molecule has 2 aliphatic rings. The van der Waals surface area contributed by atoms with Gasteiger partial charge in [0.05, 0.1) is 6.04 Å². The Labute approximate surface area is 175 Å². The molecule has 1 saturated carbocycles. The Bertz CT molecular complexity index is 1010. The van der Waals surface area contributed by atoms with Crippen LogP contribution in [0.4, 0.5) is 0 Å². The van der Waals surface area contributed by atoms with Crippen LogP contribution in [-0.2, 0) is 17.8 Å². The number of carbonyl (C=O) groups excluding carboxylic acids is 3. The third kappa shape index (κ3) is 4.03. The highest BCUT2D eigenvalue weighted by Gasteiger charge is 2.37. The zero-order valence-electron chi connectivity index (χ0n) is 16.1. The lowest BCUT2D eigenvalue weighted by Gasteiger charge is -2.30. The number of hydrogen-bond donors (Lipinski definition) is 0. The number of Topliss-reactive ketones (excluding diaryl/α,β-unsaturated/α-hetero) is 2. The summed E-state index contributed by atoms with van der Waals surface area (Å²) in [6.07, 6.45) is 2.80. The number of ketones is 2. The Morgan fingerprint density at radius 1 is 1.14 bits per heavy atom. The summed E-state index contributed by atoms with van der Waals surface area (Å²) >= 11 is 5.87. The lowest BCUT2D eigenvalue weighted by molar-refractivity contribution is -0.124. The van der Waals surface area contributed by atoms with Crippen molar-refractivity contribution in [3.8, 4) is 0 Å².